The van der Waals surface area contributed by atoms with E-state index in [1.54, 1.807) is 12.5 Å². The number of fused-ring (bicyclic) bond motifs is 1. The van der Waals surface area contributed by atoms with Crippen molar-refractivity contribution in [3.05, 3.63) is 35.2 Å². The molecule has 0 aromatic carbocycles. The molecule has 1 aliphatic heterocycles. The number of nitrogens with one attached hydrogen (secondary N) is 1. The predicted octanol–water partition coefficient (Wildman–Crippen LogP) is 0.185. The molecule has 21 heavy (non-hydrogen) atoms. The van der Waals surface area contributed by atoms with Gasteiger partial charge in [0.15, 0.2) is 5.82 Å². The second-order valence-corrected chi connectivity index (χ2v) is 5.05. The Kier molecular flexibility index (Phi) is 2.69. The van der Waals surface area contributed by atoms with E-state index in [0.717, 1.165) is 30.9 Å². The van der Waals surface area contributed by atoms with Gasteiger partial charge in [0.2, 0.25) is 11.5 Å². The lowest BCUT2D eigenvalue weighted by Crippen LogP contribution is -2.35. The van der Waals surface area contributed by atoms with Crippen LogP contribution in [0.25, 0.3) is 5.65 Å². The predicted molar refractivity (Wildman–Crippen MR) is 72.1 cm³/mol. The van der Waals surface area contributed by atoms with Crippen LogP contribution in [0.15, 0.2) is 27.9 Å². The van der Waals surface area contributed by atoms with Gasteiger partial charge in [-0.25, -0.2) is 14.9 Å². The fourth-order valence-electron chi connectivity index (χ4n) is 2.76. The molecule has 1 N–H and O–H groups in total. The van der Waals surface area contributed by atoms with Gasteiger partial charge in [-0.2, -0.15) is 0 Å². The van der Waals surface area contributed by atoms with Crippen molar-refractivity contribution in [2.24, 2.45) is 0 Å². The summed E-state index contributed by atoms with van der Waals surface area (Å²) in [6.07, 6.45) is 7.09. The second kappa shape index (κ2) is 4.69. The number of rotatable bonds is 2. The fourth-order valence-corrected chi connectivity index (χ4v) is 2.76. The molecular weight excluding hydrogens is 274 g/mol. The molecule has 4 rings (SSSR count). The molecule has 0 bridgehead atoms. The molecule has 1 fully saturated rings. The first-order chi connectivity index (χ1) is 10.3. The van der Waals surface area contributed by atoms with Crippen molar-refractivity contribution in [1.29, 1.82) is 0 Å². The quantitative estimate of drug-likeness (QED) is 0.717. The molecule has 0 saturated carbocycles. The number of nitrogens with zero attached hydrogens (tertiary/aromatic N) is 6. The molecule has 9 heteroatoms. The summed E-state index contributed by atoms with van der Waals surface area (Å²) in [5, 5.41) is 14.3. The van der Waals surface area contributed by atoms with Crippen LogP contribution >= 0.6 is 0 Å². The van der Waals surface area contributed by atoms with E-state index in [0.29, 0.717) is 12.4 Å². The van der Waals surface area contributed by atoms with Crippen molar-refractivity contribution in [3.63, 3.8) is 0 Å². The molecule has 4 heterocycles. The first-order valence-electron chi connectivity index (χ1n) is 6.76. The van der Waals surface area contributed by atoms with Gasteiger partial charge in [0, 0.05) is 25.5 Å². The van der Waals surface area contributed by atoms with Crippen molar-refractivity contribution < 1.29 is 4.42 Å². The van der Waals surface area contributed by atoms with E-state index in [9.17, 15) is 4.79 Å². The van der Waals surface area contributed by atoms with Crippen LogP contribution in [0.4, 0.5) is 5.82 Å². The molecule has 0 spiro atoms. The molecule has 1 saturated heterocycles. The highest BCUT2D eigenvalue weighted by Crippen LogP contribution is 2.28. The number of H-pyrrole nitrogens is 1. The Labute approximate surface area is 118 Å². The topological polar surface area (TPSA) is 105 Å². The van der Waals surface area contributed by atoms with E-state index >= 15 is 0 Å². The van der Waals surface area contributed by atoms with Crippen molar-refractivity contribution in [2.75, 3.05) is 18.0 Å². The second-order valence-electron chi connectivity index (χ2n) is 5.05. The highest BCUT2D eigenvalue weighted by molar-refractivity contribution is 5.63. The summed E-state index contributed by atoms with van der Waals surface area (Å²) in [5.41, 5.74) is 0.724. The van der Waals surface area contributed by atoms with Crippen molar-refractivity contribution in [3.8, 4) is 0 Å². The molecule has 108 valence electrons. The summed E-state index contributed by atoms with van der Waals surface area (Å²) < 4.78 is 6.91. The molecule has 1 atom stereocenters. The molecule has 1 unspecified atom stereocenters. The normalized spacial score (nSPS) is 19.2. The Balaban J connectivity index is 1.66. The van der Waals surface area contributed by atoms with Gasteiger partial charge in [-0.05, 0) is 12.8 Å². The third-order valence-electron chi connectivity index (χ3n) is 3.72. The van der Waals surface area contributed by atoms with Crippen LogP contribution in [-0.4, -0.2) is 42.9 Å². The number of hydrogen-bond acceptors (Lipinski definition) is 7. The molecular formula is C12H13N7O2. The summed E-state index contributed by atoms with van der Waals surface area (Å²) in [6.45, 7) is 1.57. The molecule has 0 radical (unpaired) electrons. The standard InChI is InChI=1S/C12H13N7O2/c20-12-17-16-11(21-12)8-2-1-4-18(6-8)9-10-15-14-7-19(10)5-3-13-9/h3,5,7-8H,1-2,4,6H2,(H,17,20). The molecule has 3 aromatic heterocycles. The lowest BCUT2D eigenvalue weighted by atomic mass is 9.98. The highest BCUT2D eigenvalue weighted by Gasteiger charge is 2.27. The zero-order chi connectivity index (χ0) is 14.2. The van der Waals surface area contributed by atoms with Crippen molar-refractivity contribution in [2.45, 2.75) is 18.8 Å². The van der Waals surface area contributed by atoms with Gasteiger partial charge < -0.3 is 9.32 Å². The Bertz CT molecular complexity index is 820. The third-order valence-corrected chi connectivity index (χ3v) is 3.72. The van der Waals surface area contributed by atoms with Crippen LogP contribution in [0, 0.1) is 0 Å². The smallest absolute Gasteiger partial charge is 0.392 e. The van der Waals surface area contributed by atoms with Gasteiger partial charge in [0.1, 0.15) is 6.33 Å². The molecule has 9 nitrogen and oxygen atoms in total. The maximum absolute atomic E-state index is 11.1. The Hall–Kier alpha value is -2.71. The summed E-state index contributed by atoms with van der Waals surface area (Å²) in [4.78, 5) is 17.6. The summed E-state index contributed by atoms with van der Waals surface area (Å²) in [7, 11) is 0. The van der Waals surface area contributed by atoms with Gasteiger partial charge in [0.05, 0.1) is 5.92 Å². The van der Waals surface area contributed by atoms with Crippen LogP contribution in [0.1, 0.15) is 24.7 Å². The Morgan fingerprint density at radius 2 is 2.38 bits per heavy atom. The summed E-state index contributed by atoms with van der Waals surface area (Å²) >= 11 is 0. The maximum atomic E-state index is 11.1. The number of anilines is 1. The molecule has 0 amide bonds. The van der Waals surface area contributed by atoms with Gasteiger partial charge >= 0.3 is 5.76 Å². The molecule has 0 aliphatic carbocycles. The molecule has 1 aliphatic rings. The van der Waals surface area contributed by atoms with E-state index in [1.807, 2.05) is 10.6 Å². The van der Waals surface area contributed by atoms with Crippen molar-refractivity contribution in [1.82, 2.24) is 29.8 Å². The van der Waals surface area contributed by atoms with E-state index in [-0.39, 0.29) is 5.92 Å². The largest absolute Gasteiger partial charge is 0.434 e. The van der Waals surface area contributed by atoms with Gasteiger partial charge in [-0.1, -0.05) is 0 Å². The summed E-state index contributed by atoms with van der Waals surface area (Å²) in [6, 6.07) is 0. The van der Waals surface area contributed by atoms with Crippen LogP contribution in [0.2, 0.25) is 0 Å². The minimum absolute atomic E-state index is 0.0719. The van der Waals surface area contributed by atoms with Gasteiger partial charge in [-0.3, -0.25) is 4.40 Å². The average Bonchev–Trinajstić information content (AvgIpc) is 3.15. The fraction of sp³-hybridized carbons (Fsp3) is 0.417. The zero-order valence-corrected chi connectivity index (χ0v) is 11.1. The van der Waals surface area contributed by atoms with E-state index in [4.69, 9.17) is 4.42 Å². The average molecular weight is 287 g/mol. The Morgan fingerprint density at radius 1 is 1.43 bits per heavy atom. The summed E-state index contributed by atoms with van der Waals surface area (Å²) in [5.74, 6) is 0.804. The Morgan fingerprint density at radius 3 is 3.24 bits per heavy atom. The van der Waals surface area contributed by atoms with Crippen LogP contribution < -0.4 is 10.7 Å². The number of hydrogen-bond donors (Lipinski definition) is 1. The highest BCUT2D eigenvalue weighted by atomic mass is 16.4. The lowest BCUT2D eigenvalue weighted by molar-refractivity contribution is 0.384. The number of aromatic amines is 1. The maximum Gasteiger partial charge on any atom is 0.434 e. The lowest BCUT2D eigenvalue weighted by Gasteiger charge is -2.31. The van der Waals surface area contributed by atoms with Gasteiger partial charge in [0.25, 0.3) is 0 Å². The van der Waals surface area contributed by atoms with Gasteiger partial charge in [-0.15, -0.1) is 15.3 Å². The minimum Gasteiger partial charge on any atom is -0.392 e. The SMILES string of the molecule is O=c1[nH]nc(C2CCCN(c3nccn4cnnc34)C2)o1. The van der Waals surface area contributed by atoms with Crippen LogP contribution in [-0.2, 0) is 0 Å². The van der Waals surface area contributed by atoms with E-state index in [1.165, 1.54) is 0 Å². The first-order valence-corrected chi connectivity index (χ1v) is 6.76. The monoisotopic (exact) mass is 287 g/mol. The van der Waals surface area contributed by atoms with E-state index < -0.39 is 5.76 Å². The van der Waals surface area contributed by atoms with E-state index in [2.05, 4.69) is 30.3 Å². The molecule has 3 aromatic rings. The van der Waals surface area contributed by atoms with Crippen LogP contribution in [0.3, 0.4) is 0 Å². The van der Waals surface area contributed by atoms with Crippen LogP contribution in [0.5, 0.6) is 0 Å². The number of aromatic nitrogens is 6. The zero-order valence-electron chi connectivity index (χ0n) is 11.1. The first kappa shape index (κ1) is 12.1. The van der Waals surface area contributed by atoms with Crippen molar-refractivity contribution >= 4 is 11.5 Å². The number of piperidine rings is 1. The minimum atomic E-state index is -0.514. The third kappa shape index (κ3) is 2.06.